The first-order valence-electron chi connectivity index (χ1n) is 5.83. The Labute approximate surface area is 102 Å². The Kier molecular flexibility index (Phi) is 9.05. The molecular formula is C12H21NO4. The van der Waals surface area contributed by atoms with Crippen LogP contribution in [-0.4, -0.2) is 46.7 Å². The van der Waals surface area contributed by atoms with Crippen molar-refractivity contribution in [2.75, 3.05) is 19.6 Å². The maximum atomic E-state index is 10.4. The van der Waals surface area contributed by atoms with Gasteiger partial charge in [-0.3, -0.25) is 14.5 Å². The highest BCUT2D eigenvalue weighted by Gasteiger charge is 2.05. The summed E-state index contributed by atoms with van der Waals surface area (Å²) in [6.45, 7) is 5.61. The number of carboxylic acid groups (broad SMARTS) is 2. The van der Waals surface area contributed by atoms with Crippen molar-refractivity contribution in [2.24, 2.45) is 0 Å². The molecule has 0 saturated heterocycles. The third-order valence-electron chi connectivity index (χ3n) is 2.39. The van der Waals surface area contributed by atoms with Gasteiger partial charge in [0.2, 0.25) is 0 Å². The highest BCUT2D eigenvalue weighted by Crippen LogP contribution is 2.03. The van der Waals surface area contributed by atoms with Gasteiger partial charge in [0.05, 0.1) is 6.42 Å². The Morgan fingerprint density at radius 3 is 2.18 bits per heavy atom. The summed E-state index contributed by atoms with van der Waals surface area (Å²) in [5, 5.41) is 17.0. The van der Waals surface area contributed by atoms with Gasteiger partial charge in [-0.15, -0.1) is 6.58 Å². The summed E-state index contributed by atoms with van der Waals surface area (Å²) in [4.78, 5) is 22.7. The van der Waals surface area contributed by atoms with E-state index in [1.54, 1.807) is 6.08 Å². The van der Waals surface area contributed by atoms with Crippen LogP contribution in [0.4, 0.5) is 0 Å². The van der Waals surface area contributed by atoms with Crippen molar-refractivity contribution < 1.29 is 19.8 Å². The van der Waals surface area contributed by atoms with Crippen molar-refractivity contribution in [3.63, 3.8) is 0 Å². The van der Waals surface area contributed by atoms with Gasteiger partial charge in [0, 0.05) is 19.5 Å². The Morgan fingerprint density at radius 2 is 1.65 bits per heavy atom. The molecule has 0 aromatic carbocycles. The molecule has 98 valence electrons. The lowest BCUT2D eigenvalue weighted by molar-refractivity contribution is -0.138. The van der Waals surface area contributed by atoms with E-state index >= 15 is 0 Å². The Bertz CT molecular complexity index is 253. The zero-order valence-corrected chi connectivity index (χ0v) is 10.1. The topological polar surface area (TPSA) is 77.8 Å². The molecule has 5 heteroatoms. The van der Waals surface area contributed by atoms with Crippen LogP contribution in [0.5, 0.6) is 0 Å². The standard InChI is InChI=1S/C12H21NO4/c1-2-8-13(10-7-12(16)17)9-5-3-4-6-11(14)15/h2H,1,3-10H2,(H,14,15)(H,16,17). The smallest absolute Gasteiger partial charge is 0.304 e. The van der Waals surface area contributed by atoms with E-state index < -0.39 is 11.9 Å². The fourth-order valence-electron chi connectivity index (χ4n) is 1.52. The molecule has 0 aliphatic heterocycles. The molecule has 0 aromatic rings. The predicted molar refractivity (Wildman–Crippen MR) is 65.0 cm³/mol. The van der Waals surface area contributed by atoms with Crippen molar-refractivity contribution in [3.8, 4) is 0 Å². The van der Waals surface area contributed by atoms with Crippen LogP contribution in [0.25, 0.3) is 0 Å². The van der Waals surface area contributed by atoms with Gasteiger partial charge in [0.1, 0.15) is 0 Å². The van der Waals surface area contributed by atoms with Crippen molar-refractivity contribution in [3.05, 3.63) is 12.7 Å². The van der Waals surface area contributed by atoms with Gasteiger partial charge in [-0.25, -0.2) is 0 Å². The van der Waals surface area contributed by atoms with Crippen molar-refractivity contribution >= 4 is 11.9 Å². The SMILES string of the molecule is C=CCN(CCCCCC(=O)O)CCC(=O)O. The summed E-state index contributed by atoms with van der Waals surface area (Å²) >= 11 is 0. The fourth-order valence-corrected chi connectivity index (χ4v) is 1.52. The third-order valence-corrected chi connectivity index (χ3v) is 2.39. The minimum absolute atomic E-state index is 0.128. The molecule has 0 saturated carbocycles. The van der Waals surface area contributed by atoms with Crippen LogP contribution in [0, 0.1) is 0 Å². The van der Waals surface area contributed by atoms with Crippen molar-refractivity contribution in [1.29, 1.82) is 0 Å². The molecule has 0 bridgehead atoms. The number of rotatable bonds is 11. The normalized spacial score (nSPS) is 10.4. The van der Waals surface area contributed by atoms with E-state index in [-0.39, 0.29) is 12.8 Å². The molecule has 0 fully saturated rings. The van der Waals surface area contributed by atoms with Gasteiger partial charge < -0.3 is 10.2 Å². The highest BCUT2D eigenvalue weighted by molar-refractivity contribution is 5.67. The second kappa shape index (κ2) is 9.84. The van der Waals surface area contributed by atoms with Crippen LogP contribution in [0.15, 0.2) is 12.7 Å². The first-order valence-corrected chi connectivity index (χ1v) is 5.83. The van der Waals surface area contributed by atoms with E-state index in [0.717, 1.165) is 19.4 Å². The lowest BCUT2D eigenvalue weighted by Gasteiger charge is -2.19. The Morgan fingerprint density at radius 1 is 1.00 bits per heavy atom. The van der Waals surface area contributed by atoms with E-state index in [0.29, 0.717) is 19.5 Å². The monoisotopic (exact) mass is 243 g/mol. The van der Waals surface area contributed by atoms with Crippen LogP contribution < -0.4 is 0 Å². The predicted octanol–water partition coefficient (Wildman–Crippen LogP) is 1.59. The number of hydrogen-bond acceptors (Lipinski definition) is 3. The highest BCUT2D eigenvalue weighted by atomic mass is 16.4. The molecule has 0 aliphatic carbocycles. The third kappa shape index (κ3) is 10.9. The van der Waals surface area contributed by atoms with Crippen molar-refractivity contribution in [1.82, 2.24) is 4.90 Å². The van der Waals surface area contributed by atoms with Crippen LogP contribution in [0.2, 0.25) is 0 Å². The maximum absolute atomic E-state index is 10.4. The molecule has 0 aromatic heterocycles. The minimum atomic E-state index is -0.801. The van der Waals surface area contributed by atoms with Gasteiger partial charge in [-0.1, -0.05) is 12.5 Å². The van der Waals surface area contributed by atoms with E-state index in [2.05, 4.69) is 6.58 Å². The summed E-state index contributed by atoms with van der Waals surface area (Å²) < 4.78 is 0. The summed E-state index contributed by atoms with van der Waals surface area (Å²) in [5.74, 6) is -1.57. The number of hydrogen-bond donors (Lipinski definition) is 2. The molecule has 5 nitrogen and oxygen atoms in total. The fraction of sp³-hybridized carbons (Fsp3) is 0.667. The Hall–Kier alpha value is -1.36. The quantitative estimate of drug-likeness (QED) is 0.425. The first-order chi connectivity index (χ1) is 8.06. The average Bonchev–Trinajstić information content (AvgIpc) is 2.24. The number of unbranched alkanes of at least 4 members (excludes halogenated alkanes) is 2. The van der Waals surface area contributed by atoms with Gasteiger partial charge >= 0.3 is 11.9 Å². The summed E-state index contributed by atoms with van der Waals surface area (Å²) in [5.41, 5.74) is 0. The average molecular weight is 243 g/mol. The molecule has 2 N–H and O–H groups in total. The molecule has 0 heterocycles. The van der Waals surface area contributed by atoms with Crippen LogP contribution in [-0.2, 0) is 9.59 Å². The molecule has 0 radical (unpaired) electrons. The van der Waals surface area contributed by atoms with E-state index in [9.17, 15) is 9.59 Å². The number of carbonyl (C=O) groups is 2. The number of nitrogens with zero attached hydrogens (tertiary/aromatic N) is 1. The summed E-state index contributed by atoms with van der Waals surface area (Å²) in [6.07, 6.45) is 4.50. The second-order valence-corrected chi connectivity index (χ2v) is 3.94. The minimum Gasteiger partial charge on any atom is -0.481 e. The molecule has 0 aliphatic rings. The van der Waals surface area contributed by atoms with E-state index in [1.165, 1.54) is 0 Å². The maximum Gasteiger partial charge on any atom is 0.304 e. The van der Waals surface area contributed by atoms with Crippen LogP contribution in [0.3, 0.4) is 0 Å². The molecule has 0 rings (SSSR count). The number of aliphatic carboxylic acids is 2. The lowest BCUT2D eigenvalue weighted by atomic mass is 10.2. The molecule has 17 heavy (non-hydrogen) atoms. The van der Waals surface area contributed by atoms with Crippen LogP contribution in [0.1, 0.15) is 32.1 Å². The largest absolute Gasteiger partial charge is 0.481 e. The van der Waals surface area contributed by atoms with Gasteiger partial charge in [0.15, 0.2) is 0 Å². The lowest BCUT2D eigenvalue weighted by Crippen LogP contribution is -2.27. The van der Waals surface area contributed by atoms with Gasteiger partial charge in [-0.2, -0.15) is 0 Å². The molecular weight excluding hydrogens is 222 g/mol. The summed E-state index contributed by atoms with van der Waals surface area (Å²) in [7, 11) is 0. The summed E-state index contributed by atoms with van der Waals surface area (Å²) in [6, 6.07) is 0. The van der Waals surface area contributed by atoms with Gasteiger partial charge in [-0.05, 0) is 19.4 Å². The Balaban J connectivity index is 3.65. The van der Waals surface area contributed by atoms with E-state index in [4.69, 9.17) is 10.2 Å². The molecule has 0 spiro atoms. The van der Waals surface area contributed by atoms with Crippen molar-refractivity contribution in [2.45, 2.75) is 32.1 Å². The second-order valence-electron chi connectivity index (χ2n) is 3.94. The molecule has 0 unspecified atom stereocenters. The van der Waals surface area contributed by atoms with Gasteiger partial charge in [0.25, 0.3) is 0 Å². The number of carboxylic acids is 2. The van der Waals surface area contributed by atoms with Crippen LogP contribution >= 0.6 is 0 Å². The molecule has 0 amide bonds. The van der Waals surface area contributed by atoms with E-state index in [1.807, 2.05) is 4.90 Å². The zero-order valence-electron chi connectivity index (χ0n) is 10.1. The first kappa shape index (κ1) is 15.6. The molecule has 0 atom stereocenters. The zero-order chi connectivity index (χ0) is 13.1.